The monoisotopic (exact) mass is 288 g/mol. The van der Waals surface area contributed by atoms with Crippen molar-refractivity contribution in [3.05, 3.63) is 30.0 Å². The van der Waals surface area contributed by atoms with E-state index in [0.717, 1.165) is 25.3 Å². The van der Waals surface area contributed by atoms with Gasteiger partial charge < -0.3 is 10.2 Å². The van der Waals surface area contributed by atoms with Crippen molar-refractivity contribution in [1.29, 1.82) is 0 Å². The van der Waals surface area contributed by atoms with Crippen LogP contribution in [-0.2, 0) is 13.1 Å². The molecule has 0 aliphatic rings. The second kappa shape index (κ2) is 7.05. The number of aromatic nitrogens is 2. The van der Waals surface area contributed by atoms with E-state index in [-0.39, 0.29) is 0 Å². The van der Waals surface area contributed by atoms with Crippen molar-refractivity contribution < 1.29 is 0 Å². The Morgan fingerprint density at radius 3 is 2.57 bits per heavy atom. The van der Waals surface area contributed by atoms with E-state index in [1.165, 1.54) is 10.9 Å². The minimum atomic E-state index is 0.477. The first-order chi connectivity index (χ1) is 10.0. The van der Waals surface area contributed by atoms with Crippen molar-refractivity contribution in [2.24, 2.45) is 5.92 Å². The molecule has 0 radical (unpaired) electrons. The van der Waals surface area contributed by atoms with Crippen LogP contribution in [0.5, 0.6) is 0 Å². The van der Waals surface area contributed by atoms with Gasteiger partial charge in [-0.2, -0.15) is 5.10 Å². The minimum Gasteiger partial charge on any atom is -0.308 e. The van der Waals surface area contributed by atoms with Crippen LogP contribution in [0.2, 0.25) is 0 Å². The van der Waals surface area contributed by atoms with Gasteiger partial charge in [-0.05, 0) is 33.0 Å². The largest absolute Gasteiger partial charge is 0.308 e. The number of aryl methyl sites for hydroxylation is 1. The van der Waals surface area contributed by atoms with Crippen molar-refractivity contribution in [3.63, 3.8) is 0 Å². The van der Waals surface area contributed by atoms with E-state index in [1.54, 1.807) is 0 Å². The molecule has 0 spiro atoms. The van der Waals surface area contributed by atoms with Crippen molar-refractivity contribution in [1.82, 2.24) is 20.0 Å². The number of fused-ring (bicyclic) bond motifs is 1. The highest BCUT2D eigenvalue weighted by Crippen LogP contribution is 2.18. The SMILES string of the molecule is CCn1nc(CNC(CN(C)C)C(C)C)c2ccccc21. The van der Waals surface area contributed by atoms with Gasteiger partial charge in [-0.3, -0.25) is 4.68 Å². The van der Waals surface area contributed by atoms with E-state index in [2.05, 4.69) is 74.0 Å². The standard InChI is InChI=1S/C17H28N4/c1-6-21-17-10-8-7-9-14(17)15(19-21)11-18-16(13(2)3)12-20(4)5/h7-10,13,16,18H,6,11-12H2,1-5H3. The normalized spacial score (nSPS) is 13.5. The number of hydrogen-bond donors (Lipinski definition) is 1. The molecule has 4 nitrogen and oxygen atoms in total. The maximum absolute atomic E-state index is 4.76. The zero-order chi connectivity index (χ0) is 15.4. The highest BCUT2D eigenvalue weighted by Gasteiger charge is 2.16. The molecule has 1 unspecified atom stereocenters. The summed E-state index contributed by atoms with van der Waals surface area (Å²) in [6.45, 7) is 9.45. The predicted octanol–water partition coefficient (Wildman–Crippen LogP) is 2.73. The molecule has 0 aliphatic carbocycles. The molecule has 2 rings (SSSR count). The first-order valence-electron chi connectivity index (χ1n) is 7.85. The molecule has 1 aromatic heterocycles. The predicted molar refractivity (Wildman–Crippen MR) is 89.4 cm³/mol. The first kappa shape index (κ1) is 16.0. The van der Waals surface area contributed by atoms with Crippen molar-refractivity contribution >= 4 is 10.9 Å². The summed E-state index contributed by atoms with van der Waals surface area (Å²) in [5.41, 5.74) is 2.38. The Balaban J connectivity index is 2.15. The fraction of sp³-hybridized carbons (Fsp3) is 0.588. The molecule has 1 aromatic carbocycles. The molecule has 0 fully saturated rings. The average Bonchev–Trinajstić information content (AvgIpc) is 2.81. The maximum atomic E-state index is 4.76. The van der Waals surface area contributed by atoms with Crippen LogP contribution in [-0.4, -0.2) is 41.4 Å². The molecule has 1 N–H and O–H groups in total. The Labute approximate surface area is 128 Å². The molecule has 0 saturated heterocycles. The molecule has 0 bridgehead atoms. The van der Waals surface area contributed by atoms with Gasteiger partial charge in [0, 0.05) is 31.1 Å². The lowest BCUT2D eigenvalue weighted by molar-refractivity contribution is 0.287. The smallest absolute Gasteiger partial charge is 0.0841 e. The summed E-state index contributed by atoms with van der Waals surface area (Å²) < 4.78 is 2.09. The number of hydrogen-bond acceptors (Lipinski definition) is 3. The lowest BCUT2D eigenvalue weighted by Gasteiger charge is -2.25. The van der Waals surface area contributed by atoms with Gasteiger partial charge in [0.1, 0.15) is 0 Å². The fourth-order valence-electron chi connectivity index (χ4n) is 2.70. The number of rotatable bonds is 7. The zero-order valence-electron chi connectivity index (χ0n) is 13.9. The molecule has 1 atom stereocenters. The number of nitrogens with one attached hydrogen (secondary N) is 1. The minimum absolute atomic E-state index is 0.477. The summed E-state index contributed by atoms with van der Waals surface area (Å²) in [7, 11) is 4.25. The Hall–Kier alpha value is -1.39. The second-order valence-corrected chi connectivity index (χ2v) is 6.27. The Bertz CT molecular complexity index is 571. The Morgan fingerprint density at radius 2 is 1.95 bits per heavy atom. The third kappa shape index (κ3) is 3.83. The van der Waals surface area contributed by atoms with E-state index >= 15 is 0 Å². The van der Waals surface area contributed by atoms with Crippen molar-refractivity contribution in [2.45, 2.75) is 39.9 Å². The number of likely N-dealkylation sites (N-methyl/N-ethyl adjacent to an activating group) is 1. The summed E-state index contributed by atoms with van der Waals surface area (Å²) in [6.07, 6.45) is 0. The van der Waals surface area contributed by atoms with Crippen molar-refractivity contribution in [3.8, 4) is 0 Å². The molecule has 0 aliphatic heterocycles. The van der Waals surface area contributed by atoms with E-state index in [9.17, 15) is 0 Å². The lowest BCUT2D eigenvalue weighted by atomic mass is 10.0. The molecular formula is C17H28N4. The van der Waals surface area contributed by atoms with Gasteiger partial charge in [0.15, 0.2) is 0 Å². The number of para-hydroxylation sites is 1. The molecule has 0 amide bonds. The summed E-state index contributed by atoms with van der Waals surface area (Å²) >= 11 is 0. The van der Waals surface area contributed by atoms with Gasteiger partial charge in [0.25, 0.3) is 0 Å². The summed E-state index contributed by atoms with van der Waals surface area (Å²) in [5.74, 6) is 0.604. The van der Waals surface area contributed by atoms with Gasteiger partial charge in [0.2, 0.25) is 0 Å². The van der Waals surface area contributed by atoms with E-state index in [4.69, 9.17) is 5.10 Å². The van der Waals surface area contributed by atoms with E-state index in [1.807, 2.05) is 0 Å². The quantitative estimate of drug-likeness (QED) is 0.850. The van der Waals surface area contributed by atoms with E-state index < -0.39 is 0 Å². The van der Waals surface area contributed by atoms with Crippen LogP contribution in [0.15, 0.2) is 24.3 Å². The van der Waals surface area contributed by atoms with Gasteiger partial charge >= 0.3 is 0 Å². The number of benzene rings is 1. The molecule has 116 valence electrons. The zero-order valence-corrected chi connectivity index (χ0v) is 13.9. The molecule has 4 heteroatoms. The summed E-state index contributed by atoms with van der Waals surface area (Å²) in [5, 5.41) is 9.70. The number of nitrogens with zero attached hydrogens (tertiary/aromatic N) is 3. The van der Waals surface area contributed by atoms with E-state index in [0.29, 0.717) is 12.0 Å². The first-order valence-corrected chi connectivity index (χ1v) is 7.85. The van der Waals surface area contributed by atoms with Crippen LogP contribution in [0.1, 0.15) is 26.5 Å². The van der Waals surface area contributed by atoms with Crippen molar-refractivity contribution in [2.75, 3.05) is 20.6 Å². The van der Waals surface area contributed by atoms with Gasteiger partial charge in [-0.25, -0.2) is 0 Å². The molecule has 1 heterocycles. The summed E-state index contributed by atoms with van der Waals surface area (Å²) in [4.78, 5) is 2.24. The van der Waals surface area contributed by atoms with Gasteiger partial charge in [0.05, 0.1) is 11.2 Å². The fourth-order valence-corrected chi connectivity index (χ4v) is 2.70. The topological polar surface area (TPSA) is 33.1 Å². The third-order valence-corrected chi connectivity index (χ3v) is 3.93. The second-order valence-electron chi connectivity index (χ2n) is 6.27. The van der Waals surface area contributed by atoms with Crippen LogP contribution in [0.25, 0.3) is 10.9 Å². The average molecular weight is 288 g/mol. The highest BCUT2D eigenvalue weighted by molar-refractivity contribution is 5.81. The van der Waals surface area contributed by atoms with Crippen LogP contribution in [0.4, 0.5) is 0 Å². The van der Waals surface area contributed by atoms with Crippen LogP contribution in [0, 0.1) is 5.92 Å². The molecular weight excluding hydrogens is 260 g/mol. The maximum Gasteiger partial charge on any atom is 0.0841 e. The molecule has 21 heavy (non-hydrogen) atoms. The lowest BCUT2D eigenvalue weighted by Crippen LogP contribution is -2.41. The Kier molecular flexibility index (Phi) is 5.37. The summed E-state index contributed by atoms with van der Waals surface area (Å²) in [6, 6.07) is 8.96. The Morgan fingerprint density at radius 1 is 1.24 bits per heavy atom. The van der Waals surface area contributed by atoms with Gasteiger partial charge in [-0.1, -0.05) is 32.0 Å². The van der Waals surface area contributed by atoms with Crippen LogP contribution >= 0.6 is 0 Å². The van der Waals surface area contributed by atoms with Crippen LogP contribution < -0.4 is 5.32 Å². The van der Waals surface area contributed by atoms with Gasteiger partial charge in [-0.15, -0.1) is 0 Å². The molecule has 0 saturated carbocycles. The highest BCUT2D eigenvalue weighted by atomic mass is 15.3. The van der Waals surface area contributed by atoms with Crippen LogP contribution in [0.3, 0.4) is 0 Å². The third-order valence-electron chi connectivity index (χ3n) is 3.93. The molecule has 2 aromatic rings.